The van der Waals surface area contributed by atoms with Gasteiger partial charge in [0.15, 0.2) is 0 Å². The summed E-state index contributed by atoms with van der Waals surface area (Å²) >= 11 is 6.07. The van der Waals surface area contributed by atoms with Crippen LogP contribution >= 0.6 is 11.6 Å². The minimum atomic E-state index is -0.253. The van der Waals surface area contributed by atoms with E-state index in [1.54, 1.807) is 13.2 Å². The Bertz CT molecular complexity index is 712. The van der Waals surface area contributed by atoms with Gasteiger partial charge in [-0.25, -0.2) is 4.79 Å². The minimum absolute atomic E-state index is 0.200. The minimum Gasteiger partial charge on any atom is -0.497 e. The van der Waals surface area contributed by atoms with E-state index in [9.17, 15) is 4.79 Å². The van der Waals surface area contributed by atoms with Gasteiger partial charge < -0.3 is 15.4 Å². The van der Waals surface area contributed by atoms with Gasteiger partial charge in [0, 0.05) is 22.7 Å². The van der Waals surface area contributed by atoms with E-state index < -0.39 is 0 Å². The number of rotatable bonds is 5. The number of anilines is 1. The largest absolute Gasteiger partial charge is 0.497 e. The molecule has 0 saturated carbocycles. The van der Waals surface area contributed by atoms with Crippen LogP contribution < -0.4 is 15.4 Å². The molecular formula is C19H23ClN2O2. The van der Waals surface area contributed by atoms with Crippen LogP contribution in [-0.4, -0.2) is 19.7 Å². The third kappa shape index (κ3) is 4.65. The van der Waals surface area contributed by atoms with Crippen molar-refractivity contribution < 1.29 is 9.53 Å². The van der Waals surface area contributed by atoms with Crippen molar-refractivity contribution in [1.29, 1.82) is 0 Å². The molecule has 2 N–H and O–H groups in total. The van der Waals surface area contributed by atoms with Crippen LogP contribution in [0.4, 0.5) is 10.5 Å². The molecule has 0 aromatic heterocycles. The number of hydrogen-bond donors (Lipinski definition) is 2. The fourth-order valence-electron chi connectivity index (χ4n) is 2.29. The second kappa shape index (κ2) is 7.58. The van der Waals surface area contributed by atoms with Gasteiger partial charge in [-0.2, -0.15) is 0 Å². The maximum atomic E-state index is 12.1. The highest BCUT2D eigenvalue weighted by Gasteiger charge is 2.21. The first-order valence-corrected chi connectivity index (χ1v) is 8.15. The molecule has 0 bridgehead atoms. The normalized spacial score (nSPS) is 11.0. The zero-order chi connectivity index (χ0) is 17.7. The van der Waals surface area contributed by atoms with Gasteiger partial charge in [-0.1, -0.05) is 43.6 Å². The van der Waals surface area contributed by atoms with Crippen molar-refractivity contribution in [3.63, 3.8) is 0 Å². The average Bonchev–Trinajstić information content (AvgIpc) is 2.56. The van der Waals surface area contributed by atoms with E-state index in [1.165, 1.54) is 0 Å². The summed E-state index contributed by atoms with van der Waals surface area (Å²) < 4.78 is 5.17. The van der Waals surface area contributed by atoms with Gasteiger partial charge >= 0.3 is 6.03 Å². The van der Waals surface area contributed by atoms with E-state index >= 15 is 0 Å². The fourth-order valence-corrected chi connectivity index (χ4v) is 2.47. The lowest BCUT2D eigenvalue weighted by Crippen LogP contribution is -2.38. The Kier molecular flexibility index (Phi) is 5.73. The lowest BCUT2D eigenvalue weighted by molar-refractivity contribution is 0.249. The van der Waals surface area contributed by atoms with Crippen molar-refractivity contribution in [1.82, 2.24) is 5.32 Å². The Morgan fingerprint density at radius 3 is 2.42 bits per heavy atom. The third-order valence-corrected chi connectivity index (χ3v) is 4.40. The first-order chi connectivity index (χ1) is 11.3. The molecule has 0 aliphatic rings. The molecule has 0 saturated heterocycles. The molecule has 5 heteroatoms. The number of ether oxygens (including phenoxy) is 1. The summed E-state index contributed by atoms with van der Waals surface area (Å²) in [7, 11) is 1.64. The zero-order valence-corrected chi connectivity index (χ0v) is 15.2. The topological polar surface area (TPSA) is 50.4 Å². The van der Waals surface area contributed by atoms with Crippen LogP contribution in [0.3, 0.4) is 0 Å². The predicted molar refractivity (Wildman–Crippen MR) is 99.2 cm³/mol. The predicted octanol–water partition coefficient (Wildman–Crippen LogP) is 4.76. The number of carbonyl (C=O) groups is 1. The maximum Gasteiger partial charge on any atom is 0.319 e. The molecular weight excluding hydrogens is 324 g/mol. The number of aryl methyl sites for hydroxylation is 1. The number of hydrogen-bond acceptors (Lipinski definition) is 2. The smallest absolute Gasteiger partial charge is 0.319 e. The van der Waals surface area contributed by atoms with E-state index in [-0.39, 0.29) is 11.4 Å². The summed E-state index contributed by atoms with van der Waals surface area (Å²) in [5, 5.41) is 6.34. The van der Waals surface area contributed by atoms with E-state index in [0.717, 1.165) is 16.9 Å². The summed E-state index contributed by atoms with van der Waals surface area (Å²) in [6, 6.07) is 13.1. The molecule has 128 valence electrons. The third-order valence-electron chi connectivity index (χ3n) is 3.99. The monoisotopic (exact) mass is 346 g/mol. The molecule has 2 amide bonds. The summed E-state index contributed by atoms with van der Waals surface area (Å²) in [6.07, 6.45) is 0. The quantitative estimate of drug-likeness (QED) is 0.820. The lowest BCUT2D eigenvalue weighted by Gasteiger charge is -2.26. The molecule has 0 unspecified atom stereocenters. The van der Waals surface area contributed by atoms with Gasteiger partial charge in [0.2, 0.25) is 0 Å². The first-order valence-electron chi connectivity index (χ1n) is 7.77. The SMILES string of the molecule is COc1ccc(C(C)(C)CNC(=O)Nc2ccc(C)c(Cl)c2)cc1. The summed E-state index contributed by atoms with van der Waals surface area (Å²) in [6.45, 7) is 6.59. The second-order valence-corrected chi connectivity index (χ2v) is 6.79. The Morgan fingerprint density at radius 1 is 1.17 bits per heavy atom. The highest BCUT2D eigenvalue weighted by molar-refractivity contribution is 6.31. The van der Waals surface area contributed by atoms with Crippen molar-refractivity contribution >= 4 is 23.3 Å². The van der Waals surface area contributed by atoms with Crippen molar-refractivity contribution in [2.45, 2.75) is 26.2 Å². The molecule has 2 aromatic carbocycles. The van der Waals surface area contributed by atoms with Crippen LogP contribution in [0, 0.1) is 6.92 Å². The van der Waals surface area contributed by atoms with Crippen LogP contribution in [0.5, 0.6) is 5.75 Å². The Hall–Kier alpha value is -2.20. The maximum absolute atomic E-state index is 12.1. The number of benzene rings is 2. The van der Waals surface area contributed by atoms with Crippen LogP contribution in [0.1, 0.15) is 25.0 Å². The summed E-state index contributed by atoms with van der Waals surface area (Å²) in [5.41, 5.74) is 2.57. The highest BCUT2D eigenvalue weighted by Crippen LogP contribution is 2.25. The molecule has 0 aliphatic carbocycles. The molecule has 24 heavy (non-hydrogen) atoms. The number of carbonyl (C=O) groups excluding carboxylic acids is 1. The highest BCUT2D eigenvalue weighted by atomic mass is 35.5. The number of halogens is 1. The molecule has 0 aliphatic heterocycles. The Balaban J connectivity index is 1.94. The fraction of sp³-hybridized carbons (Fsp3) is 0.316. The standard InChI is InChI=1S/C19H23ClN2O2/c1-13-5-8-15(11-17(13)20)22-18(23)21-12-19(2,3)14-6-9-16(24-4)10-7-14/h5-11H,12H2,1-4H3,(H2,21,22,23). The van der Waals surface area contributed by atoms with Crippen molar-refractivity contribution in [2.24, 2.45) is 0 Å². The van der Waals surface area contributed by atoms with Gasteiger partial charge in [0.25, 0.3) is 0 Å². The molecule has 4 nitrogen and oxygen atoms in total. The first kappa shape index (κ1) is 18.1. The van der Waals surface area contributed by atoms with E-state index in [1.807, 2.05) is 43.3 Å². The molecule has 0 radical (unpaired) electrons. The molecule has 0 atom stereocenters. The molecule has 2 rings (SSSR count). The summed E-state index contributed by atoms with van der Waals surface area (Å²) in [4.78, 5) is 12.1. The molecule has 0 spiro atoms. The number of methoxy groups -OCH3 is 1. The van der Waals surface area contributed by atoms with Gasteiger partial charge in [-0.3, -0.25) is 0 Å². The number of nitrogens with one attached hydrogen (secondary N) is 2. The van der Waals surface area contributed by atoms with Crippen molar-refractivity contribution in [3.05, 3.63) is 58.6 Å². The molecule has 0 heterocycles. The Labute approximate surface area is 148 Å². The van der Waals surface area contributed by atoms with Crippen molar-refractivity contribution in [3.8, 4) is 5.75 Å². The van der Waals surface area contributed by atoms with E-state index in [2.05, 4.69) is 24.5 Å². The second-order valence-electron chi connectivity index (χ2n) is 6.38. The van der Waals surface area contributed by atoms with Gasteiger partial charge in [0.05, 0.1) is 7.11 Å². The summed E-state index contributed by atoms with van der Waals surface area (Å²) in [5.74, 6) is 0.816. The van der Waals surface area contributed by atoms with Crippen molar-refractivity contribution in [2.75, 3.05) is 19.0 Å². The van der Waals surface area contributed by atoms with Gasteiger partial charge in [-0.05, 0) is 42.3 Å². The van der Waals surface area contributed by atoms with Crippen LogP contribution in [-0.2, 0) is 5.41 Å². The van der Waals surface area contributed by atoms with Gasteiger partial charge in [-0.15, -0.1) is 0 Å². The van der Waals surface area contributed by atoms with Crippen LogP contribution in [0.2, 0.25) is 5.02 Å². The van der Waals surface area contributed by atoms with E-state index in [4.69, 9.17) is 16.3 Å². The van der Waals surface area contributed by atoms with E-state index in [0.29, 0.717) is 17.3 Å². The molecule has 2 aromatic rings. The van der Waals surface area contributed by atoms with Crippen LogP contribution in [0.25, 0.3) is 0 Å². The zero-order valence-electron chi connectivity index (χ0n) is 14.4. The number of urea groups is 1. The Morgan fingerprint density at radius 2 is 1.83 bits per heavy atom. The van der Waals surface area contributed by atoms with Gasteiger partial charge in [0.1, 0.15) is 5.75 Å². The average molecular weight is 347 g/mol. The lowest BCUT2D eigenvalue weighted by atomic mass is 9.84. The number of amides is 2. The van der Waals surface area contributed by atoms with Crippen LogP contribution in [0.15, 0.2) is 42.5 Å². The molecule has 0 fully saturated rings.